The Morgan fingerprint density at radius 2 is 1.87 bits per heavy atom. The highest BCUT2D eigenvalue weighted by molar-refractivity contribution is 7.80. The van der Waals surface area contributed by atoms with Crippen LogP contribution in [0.25, 0.3) is 5.69 Å². The summed E-state index contributed by atoms with van der Waals surface area (Å²) in [5.74, 6) is -0.208. The summed E-state index contributed by atoms with van der Waals surface area (Å²) in [6.07, 6.45) is 1.80. The Morgan fingerprint density at radius 3 is 2.55 bits per heavy atom. The first-order valence-electron chi connectivity index (χ1n) is 12.2. The second kappa shape index (κ2) is 10.9. The van der Waals surface area contributed by atoms with Gasteiger partial charge in [-0.1, -0.05) is 23.7 Å². The van der Waals surface area contributed by atoms with Gasteiger partial charge in [-0.25, -0.2) is 0 Å². The van der Waals surface area contributed by atoms with Crippen LogP contribution in [-0.4, -0.2) is 34.3 Å². The number of pyridine rings is 1. The van der Waals surface area contributed by atoms with Crippen LogP contribution in [0.2, 0.25) is 5.02 Å². The van der Waals surface area contributed by atoms with Crippen LogP contribution in [0.3, 0.4) is 0 Å². The van der Waals surface area contributed by atoms with E-state index < -0.39 is 0 Å². The number of benzene rings is 2. The number of rotatable bonds is 7. The summed E-state index contributed by atoms with van der Waals surface area (Å²) < 4.78 is 7.13. The molecule has 3 heterocycles. The first kappa shape index (κ1) is 25.9. The lowest BCUT2D eigenvalue weighted by atomic mass is 9.96. The molecule has 2 atom stereocenters. The van der Waals surface area contributed by atoms with E-state index >= 15 is 0 Å². The quantitative estimate of drug-likeness (QED) is 0.282. The largest absolute Gasteiger partial charge is 0.375 e. The number of anilines is 2. The summed E-state index contributed by atoms with van der Waals surface area (Å²) in [4.78, 5) is 18.7. The highest BCUT2D eigenvalue weighted by Crippen LogP contribution is 2.44. The molecule has 0 bridgehead atoms. The lowest BCUT2D eigenvalue weighted by Crippen LogP contribution is -2.29. The zero-order valence-corrected chi connectivity index (χ0v) is 22.9. The van der Waals surface area contributed by atoms with Crippen molar-refractivity contribution in [1.29, 1.82) is 0 Å². The molecule has 194 valence electrons. The van der Waals surface area contributed by atoms with Crippen LogP contribution in [0.5, 0.6) is 0 Å². The molecular weight excluding hydrogens is 518 g/mol. The van der Waals surface area contributed by atoms with Crippen molar-refractivity contribution in [3.8, 4) is 5.69 Å². The maximum Gasteiger partial charge on any atom is 0.250 e. The zero-order chi connectivity index (χ0) is 26.8. The Labute approximate surface area is 232 Å². The Bertz CT molecular complexity index is 1470. The van der Waals surface area contributed by atoms with Crippen LogP contribution in [-0.2, 0) is 9.53 Å². The van der Waals surface area contributed by atoms with E-state index in [-0.39, 0.29) is 24.6 Å². The summed E-state index contributed by atoms with van der Waals surface area (Å²) in [6, 6.07) is 23.3. The summed E-state index contributed by atoms with van der Waals surface area (Å²) >= 11 is 12.2. The normalized spacial score (nSPS) is 16.9. The van der Waals surface area contributed by atoms with E-state index in [9.17, 15) is 4.79 Å². The number of aromatic nitrogens is 2. The van der Waals surface area contributed by atoms with Crippen molar-refractivity contribution in [2.75, 3.05) is 23.9 Å². The number of aryl methyl sites for hydroxylation is 1. The number of nitrogens with one attached hydrogen (secondary N) is 2. The SMILES string of the molecule is COCC(=O)Nc1ccc(N2C(=S)NC(c3ccccn3)C2c2cc(C)n(-c3cccc(Cl)c3)c2C)cc1. The third-order valence-electron chi connectivity index (χ3n) is 6.66. The topological polar surface area (TPSA) is 71.4 Å². The average molecular weight is 546 g/mol. The molecule has 2 N–H and O–H groups in total. The third kappa shape index (κ3) is 5.03. The van der Waals surface area contributed by atoms with Crippen molar-refractivity contribution in [3.05, 3.63) is 107 Å². The Morgan fingerprint density at radius 1 is 1.08 bits per heavy atom. The third-order valence-corrected chi connectivity index (χ3v) is 7.21. The molecule has 0 spiro atoms. The molecule has 1 amide bonds. The first-order valence-corrected chi connectivity index (χ1v) is 13.0. The molecule has 2 unspecified atom stereocenters. The number of halogens is 1. The fourth-order valence-corrected chi connectivity index (χ4v) is 5.61. The van der Waals surface area contributed by atoms with E-state index in [4.69, 9.17) is 28.6 Å². The van der Waals surface area contributed by atoms with E-state index in [1.807, 2.05) is 60.7 Å². The highest BCUT2D eigenvalue weighted by atomic mass is 35.5. The number of methoxy groups -OCH3 is 1. The Balaban J connectivity index is 1.58. The van der Waals surface area contributed by atoms with Gasteiger partial charge in [-0.2, -0.15) is 0 Å². The average Bonchev–Trinajstić information content (AvgIpc) is 3.40. The highest BCUT2D eigenvalue weighted by Gasteiger charge is 2.42. The second-order valence-electron chi connectivity index (χ2n) is 9.17. The van der Waals surface area contributed by atoms with Crippen molar-refractivity contribution < 1.29 is 9.53 Å². The van der Waals surface area contributed by atoms with Crippen LogP contribution >= 0.6 is 23.8 Å². The molecule has 0 radical (unpaired) electrons. The molecule has 1 aliphatic rings. The van der Waals surface area contributed by atoms with Crippen LogP contribution in [0.1, 0.15) is 34.7 Å². The minimum Gasteiger partial charge on any atom is -0.375 e. The van der Waals surface area contributed by atoms with Crippen molar-refractivity contribution in [2.45, 2.75) is 25.9 Å². The van der Waals surface area contributed by atoms with Crippen LogP contribution in [0.15, 0.2) is 79.0 Å². The van der Waals surface area contributed by atoms with Gasteiger partial charge < -0.3 is 24.8 Å². The Hall–Kier alpha value is -3.72. The second-order valence-corrected chi connectivity index (χ2v) is 9.99. The first-order chi connectivity index (χ1) is 18.4. The molecular formula is C29H28ClN5O2S. The number of ether oxygens (including phenoxy) is 1. The summed E-state index contributed by atoms with van der Waals surface area (Å²) in [5.41, 5.74) is 6.81. The van der Waals surface area contributed by atoms with E-state index in [0.29, 0.717) is 15.8 Å². The molecule has 1 aliphatic heterocycles. The molecule has 0 saturated carbocycles. The summed E-state index contributed by atoms with van der Waals surface area (Å²) in [7, 11) is 1.49. The molecule has 1 fully saturated rings. The molecule has 4 aromatic rings. The Kier molecular flexibility index (Phi) is 7.46. The molecule has 7 nitrogen and oxygen atoms in total. The molecule has 2 aromatic carbocycles. The van der Waals surface area contributed by atoms with Crippen molar-refractivity contribution in [2.24, 2.45) is 0 Å². The minimum atomic E-state index is -0.208. The molecule has 0 aliphatic carbocycles. The van der Waals surface area contributed by atoms with Gasteiger partial charge >= 0.3 is 0 Å². The molecule has 1 saturated heterocycles. The smallest absolute Gasteiger partial charge is 0.250 e. The number of thiocarbonyl (C=S) groups is 1. The van der Waals surface area contributed by atoms with Crippen LogP contribution < -0.4 is 15.5 Å². The molecule has 2 aromatic heterocycles. The summed E-state index contributed by atoms with van der Waals surface area (Å²) in [5, 5.41) is 7.64. The molecule has 38 heavy (non-hydrogen) atoms. The number of carbonyl (C=O) groups is 1. The predicted octanol–water partition coefficient (Wildman–Crippen LogP) is 5.90. The van der Waals surface area contributed by atoms with Gasteiger partial charge in [0.2, 0.25) is 5.91 Å². The van der Waals surface area contributed by atoms with Crippen molar-refractivity contribution >= 4 is 46.2 Å². The van der Waals surface area contributed by atoms with Gasteiger partial charge in [0.15, 0.2) is 5.11 Å². The monoisotopic (exact) mass is 545 g/mol. The van der Waals surface area contributed by atoms with E-state index in [2.05, 4.69) is 51.1 Å². The number of nitrogens with zero attached hydrogens (tertiary/aromatic N) is 3. The maximum atomic E-state index is 12.0. The van der Waals surface area contributed by atoms with Crippen molar-refractivity contribution in [3.63, 3.8) is 0 Å². The molecule has 5 rings (SSSR count). The fraction of sp³-hybridized carbons (Fsp3) is 0.207. The fourth-order valence-electron chi connectivity index (χ4n) is 5.08. The zero-order valence-electron chi connectivity index (χ0n) is 21.3. The van der Waals surface area contributed by atoms with Gasteiger partial charge in [0.05, 0.1) is 17.8 Å². The lowest BCUT2D eigenvalue weighted by Gasteiger charge is -2.28. The van der Waals surface area contributed by atoms with Crippen LogP contribution in [0.4, 0.5) is 11.4 Å². The molecule has 9 heteroatoms. The summed E-state index contributed by atoms with van der Waals surface area (Å²) in [6.45, 7) is 4.21. The van der Waals surface area contributed by atoms with Crippen molar-refractivity contribution in [1.82, 2.24) is 14.9 Å². The maximum absolute atomic E-state index is 12.0. The van der Waals surface area contributed by atoms with Gasteiger partial charge in [0, 0.05) is 46.8 Å². The van der Waals surface area contributed by atoms with E-state index in [1.165, 1.54) is 7.11 Å². The van der Waals surface area contributed by atoms with Gasteiger partial charge in [-0.05, 0) is 92.3 Å². The number of carbonyl (C=O) groups excluding carboxylic acids is 1. The minimum absolute atomic E-state index is 0.00203. The van der Waals surface area contributed by atoms with Gasteiger partial charge in [-0.3, -0.25) is 9.78 Å². The van der Waals surface area contributed by atoms with Gasteiger partial charge in [-0.15, -0.1) is 0 Å². The number of amides is 1. The number of hydrogen-bond donors (Lipinski definition) is 2. The van der Waals surface area contributed by atoms with Gasteiger partial charge in [0.1, 0.15) is 6.61 Å². The standard InChI is InChI=1S/C29H28ClN5O2S/c1-18-15-24(19(2)34(18)23-8-6-7-20(30)16-23)28-27(25-9-4-5-14-31-25)33-29(38)35(28)22-12-10-21(11-13-22)32-26(36)17-37-3/h4-16,27-28H,17H2,1-3H3,(H,32,36)(H,33,38). The lowest BCUT2D eigenvalue weighted by molar-refractivity contribution is -0.119. The predicted molar refractivity (Wildman–Crippen MR) is 155 cm³/mol. The van der Waals surface area contributed by atoms with Crippen LogP contribution in [0, 0.1) is 13.8 Å². The van der Waals surface area contributed by atoms with Gasteiger partial charge in [0.25, 0.3) is 0 Å². The number of hydrogen-bond acceptors (Lipinski definition) is 4. The van der Waals surface area contributed by atoms with E-state index in [0.717, 1.165) is 34.0 Å². The van der Waals surface area contributed by atoms with E-state index in [1.54, 1.807) is 6.20 Å².